The number of fused-ring (bicyclic) bond motifs is 1. The number of carbonyl (C=O) groups excluding carboxylic acids is 3. The van der Waals surface area contributed by atoms with E-state index < -0.39 is 24.3 Å². The molecule has 0 unspecified atom stereocenters. The molecule has 1 aliphatic heterocycles. The van der Waals surface area contributed by atoms with Crippen LogP contribution in [0.1, 0.15) is 16.8 Å². The van der Waals surface area contributed by atoms with E-state index in [1.165, 1.54) is 30.0 Å². The Kier molecular flexibility index (Phi) is 5.98. The number of halogens is 2. The number of hydrogen-bond acceptors (Lipinski definition) is 5. The Morgan fingerprint density at radius 1 is 1.26 bits per heavy atom. The van der Waals surface area contributed by atoms with Crippen molar-refractivity contribution in [1.82, 2.24) is 0 Å². The number of amides is 2. The Balaban J connectivity index is 1.59. The third-order valence-electron chi connectivity index (χ3n) is 3.61. The van der Waals surface area contributed by atoms with E-state index >= 15 is 0 Å². The maximum absolute atomic E-state index is 13.1. The third-order valence-corrected chi connectivity index (χ3v) is 4.98. The third kappa shape index (κ3) is 4.99. The SMILES string of the molecule is O=C(COC(=O)c1ccc2c(c1)NC(=O)CCS2)Nc1ccc(F)c(Cl)c1. The number of hydrogen-bond donors (Lipinski definition) is 2. The molecule has 2 amide bonds. The van der Waals surface area contributed by atoms with Crippen molar-refractivity contribution in [3.05, 3.63) is 52.8 Å². The van der Waals surface area contributed by atoms with Crippen LogP contribution in [0.2, 0.25) is 5.02 Å². The molecule has 0 fully saturated rings. The summed E-state index contributed by atoms with van der Waals surface area (Å²) in [6.45, 7) is -0.522. The van der Waals surface area contributed by atoms with E-state index in [1.54, 1.807) is 12.1 Å². The van der Waals surface area contributed by atoms with Gasteiger partial charge in [-0.25, -0.2) is 9.18 Å². The number of thioether (sulfide) groups is 1. The van der Waals surface area contributed by atoms with Gasteiger partial charge >= 0.3 is 5.97 Å². The average Bonchev–Trinajstić information content (AvgIpc) is 2.82. The number of nitrogens with one attached hydrogen (secondary N) is 2. The molecule has 0 radical (unpaired) electrons. The van der Waals surface area contributed by atoms with Crippen molar-refractivity contribution in [3.8, 4) is 0 Å². The summed E-state index contributed by atoms with van der Waals surface area (Å²) in [5.41, 5.74) is 1.05. The van der Waals surface area contributed by atoms with E-state index in [9.17, 15) is 18.8 Å². The van der Waals surface area contributed by atoms with E-state index in [-0.39, 0.29) is 22.2 Å². The lowest BCUT2D eigenvalue weighted by Gasteiger charge is -2.10. The van der Waals surface area contributed by atoms with Crippen LogP contribution in [0.4, 0.5) is 15.8 Å². The Hall–Kier alpha value is -2.58. The van der Waals surface area contributed by atoms with E-state index in [2.05, 4.69) is 10.6 Å². The molecule has 0 aliphatic carbocycles. The lowest BCUT2D eigenvalue weighted by Crippen LogP contribution is -2.21. The van der Waals surface area contributed by atoms with Crippen molar-refractivity contribution < 1.29 is 23.5 Å². The normalized spacial score (nSPS) is 13.2. The molecule has 0 atom stereocenters. The van der Waals surface area contributed by atoms with Gasteiger partial charge in [-0.15, -0.1) is 11.8 Å². The second kappa shape index (κ2) is 8.41. The van der Waals surface area contributed by atoms with Crippen LogP contribution in [0, 0.1) is 5.82 Å². The molecule has 0 aromatic heterocycles. The fraction of sp³-hybridized carbons (Fsp3) is 0.167. The Morgan fingerprint density at radius 2 is 2.07 bits per heavy atom. The molecule has 1 heterocycles. The van der Waals surface area contributed by atoms with Gasteiger partial charge in [0.15, 0.2) is 6.61 Å². The number of ether oxygens (including phenoxy) is 1. The van der Waals surface area contributed by atoms with Crippen LogP contribution in [-0.2, 0) is 14.3 Å². The second-order valence-electron chi connectivity index (χ2n) is 5.61. The van der Waals surface area contributed by atoms with E-state index in [1.807, 2.05) is 0 Å². The quantitative estimate of drug-likeness (QED) is 0.753. The molecule has 0 bridgehead atoms. The summed E-state index contributed by atoms with van der Waals surface area (Å²) in [5, 5.41) is 5.06. The van der Waals surface area contributed by atoms with Crippen LogP contribution in [0.15, 0.2) is 41.3 Å². The van der Waals surface area contributed by atoms with Crippen molar-refractivity contribution in [2.75, 3.05) is 23.0 Å². The number of benzene rings is 2. The van der Waals surface area contributed by atoms with E-state index in [0.717, 1.165) is 11.0 Å². The zero-order chi connectivity index (χ0) is 19.4. The van der Waals surface area contributed by atoms with Crippen molar-refractivity contribution >= 4 is 52.5 Å². The summed E-state index contributed by atoms with van der Waals surface area (Å²) in [4.78, 5) is 36.5. The minimum Gasteiger partial charge on any atom is -0.452 e. The number of carbonyl (C=O) groups is 3. The highest BCUT2D eigenvalue weighted by Crippen LogP contribution is 2.31. The molecular weight excluding hydrogens is 395 g/mol. The monoisotopic (exact) mass is 408 g/mol. The van der Waals surface area contributed by atoms with Crippen molar-refractivity contribution in [2.24, 2.45) is 0 Å². The summed E-state index contributed by atoms with van der Waals surface area (Å²) < 4.78 is 18.1. The summed E-state index contributed by atoms with van der Waals surface area (Å²) >= 11 is 7.16. The predicted molar refractivity (Wildman–Crippen MR) is 101 cm³/mol. The highest BCUT2D eigenvalue weighted by molar-refractivity contribution is 7.99. The van der Waals surface area contributed by atoms with Gasteiger partial charge in [-0.2, -0.15) is 0 Å². The number of anilines is 2. The van der Waals surface area contributed by atoms with Gasteiger partial charge < -0.3 is 15.4 Å². The standard InChI is InChI=1S/C18H14ClFN2O4S/c19-12-8-11(2-3-13(12)20)21-17(24)9-26-18(25)10-1-4-15-14(7-10)22-16(23)5-6-27-15/h1-4,7-8H,5-6,9H2,(H,21,24)(H,22,23). The number of rotatable bonds is 4. The molecule has 27 heavy (non-hydrogen) atoms. The highest BCUT2D eigenvalue weighted by atomic mass is 35.5. The first kappa shape index (κ1) is 19.2. The zero-order valence-electron chi connectivity index (χ0n) is 13.9. The smallest absolute Gasteiger partial charge is 0.338 e. The summed E-state index contributed by atoms with van der Waals surface area (Å²) in [6.07, 6.45) is 0.396. The molecule has 0 saturated carbocycles. The molecule has 9 heteroatoms. The Morgan fingerprint density at radius 3 is 2.85 bits per heavy atom. The van der Waals surface area contributed by atoms with Gasteiger partial charge in [0.05, 0.1) is 16.3 Å². The maximum atomic E-state index is 13.1. The van der Waals surface area contributed by atoms with E-state index in [4.69, 9.17) is 16.3 Å². The summed E-state index contributed by atoms with van der Waals surface area (Å²) in [7, 11) is 0. The molecule has 3 rings (SSSR count). The molecule has 0 spiro atoms. The van der Waals surface area contributed by atoms with Crippen LogP contribution >= 0.6 is 23.4 Å². The second-order valence-corrected chi connectivity index (χ2v) is 7.15. The van der Waals surface area contributed by atoms with Crippen molar-refractivity contribution in [2.45, 2.75) is 11.3 Å². The van der Waals surface area contributed by atoms with Gasteiger partial charge in [-0.1, -0.05) is 11.6 Å². The topological polar surface area (TPSA) is 84.5 Å². The van der Waals surface area contributed by atoms with Crippen LogP contribution < -0.4 is 10.6 Å². The predicted octanol–water partition coefficient (Wildman–Crippen LogP) is 3.71. The molecular formula is C18H14ClFN2O4S. The van der Waals surface area contributed by atoms with Crippen LogP contribution in [0.3, 0.4) is 0 Å². The van der Waals surface area contributed by atoms with Crippen LogP contribution in [0.5, 0.6) is 0 Å². The minimum absolute atomic E-state index is 0.121. The molecule has 0 saturated heterocycles. The molecule has 1 aliphatic rings. The fourth-order valence-corrected chi connectivity index (χ4v) is 3.45. The van der Waals surface area contributed by atoms with E-state index in [0.29, 0.717) is 17.9 Å². The minimum atomic E-state index is -0.700. The molecule has 140 valence electrons. The summed E-state index contributed by atoms with van der Waals surface area (Å²) in [5.74, 6) is -1.35. The average molecular weight is 409 g/mol. The molecule has 2 N–H and O–H groups in total. The molecule has 2 aromatic rings. The largest absolute Gasteiger partial charge is 0.452 e. The lowest BCUT2D eigenvalue weighted by atomic mass is 10.2. The first-order valence-corrected chi connectivity index (χ1v) is 9.27. The van der Waals surface area contributed by atoms with Gasteiger partial charge in [0, 0.05) is 22.8 Å². The lowest BCUT2D eigenvalue weighted by molar-refractivity contribution is -0.119. The Labute approximate surface area is 163 Å². The van der Waals surface area contributed by atoms with Gasteiger partial charge in [-0.05, 0) is 36.4 Å². The first-order chi connectivity index (χ1) is 12.9. The molecule has 6 nitrogen and oxygen atoms in total. The van der Waals surface area contributed by atoms with Gasteiger partial charge in [0.25, 0.3) is 5.91 Å². The fourth-order valence-electron chi connectivity index (χ4n) is 2.33. The number of esters is 1. The van der Waals surface area contributed by atoms with Gasteiger partial charge in [-0.3, -0.25) is 9.59 Å². The van der Waals surface area contributed by atoms with Crippen LogP contribution in [-0.4, -0.2) is 30.1 Å². The zero-order valence-corrected chi connectivity index (χ0v) is 15.5. The first-order valence-electron chi connectivity index (χ1n) is 7.91. The Bertz CT molecular complexity index is 922. The van der Waals surface area contributed by atoms with Crippen molar-refractivity contribution in [1.29, 1.82) is 0 Å². The maximum Gasteiger partial charge on any atom is 0.338 e. The van der Waals surface area contributed by atoms with Crippen molar-refractivity contribution in [3.63, 3.8) is 0 Å². The van der Waals surface area contributed by atoms with Crippen LogP contribution in [0.25, 0.3) is 0 Å². The summed E-state index contributed by atoms with van der Waals surface area (Å²) in [6, 6.07) is 8.53. The van der Waals surface area contributed by atoms with Gasteiger partial charge in [0.2, 0.25) is 5.91 Å². The molecule has 2 aromatic carbocycles. The van der Waals surface area contributed by atoms with Gasteiger partial charge in [0.1, 0.15) is 5.82 Å². The highest BCUT2D eigenvalue weighted by Gasteiger charge is 2.17.